The van der Waals surface area contributed by atoms with E-state index in [-0.39, 0.29) is 12.6 Å². The van der Waals surface area contributed by atoms with Crippen LogP contribution >= 0.6 is 11.3 Å². The van der Waals surface area contributed by atoms with Crippen LogP contribution in [0.1, 0.15) is 60.6 Å². The Morgan fingerprint density at radius 2 is 1.86 bits per heavy atom. The van der Waals surface area contributed by atoms with Gasteiger partial charge in [0.05, 0.1) is 28.1 Å². The number of ketones is 1. The molecule has 0 saturated carbocycles. The average Bonchev–Trinajstić information content (AvgIpc) is 3.54. The molecule has 8 rings (SSSR count). The molecule has 5 aliphatic heterocycles. The summed E-state index contributed by atoms with van der Waals surface area (Å²) in [7, 11) is 0. The first kappa shape index (κ1) is 21.3. The van der Waals surface area contributed by atoms with Crippen molar-refractivity contribution in [1.82, 2.24) is 0 Å². The lowest BCUT2D eigenvalue weighted by atomic mass is 9.75. The lowest BCUT2D eigenvalue weighted by Gasteiger charge is -2.39. The van der Waals surface area contributed by atoms with Gasteiger partial charge in [0, 0.05) is 36.3 Å². The molecule has 180 valence electrons. The first-order chi connectivity index (χ1) is 17.6. The fourth-order valence-electron chi connectivity index (χ4n) is 6.41. The number of nitriles is 2. The van der Waals surface area contributed by atoms with Crippen LogP contribution in [0.25, 0.3) is 0 Å². The maximum absolute atomic E-state index is 13.5. The number of thiophene rings is 1. The van der Waals surface area contributed by atoms with E-state index in [2.05, 4.69) is 17.0 Å². The predicted octanol–water partition coefficient (Wildman–Crippen LogP) is 4.35. The summed E-state index contributed by atoms with van der Waals surface area (Å²) in [5.74, 6) is 1.35. The van der Waals surface area contributed by atoms with Gasteiger partial charge in [0.15, 0.2) is 17.3 Å². The SMILES string of the molecule is N#CC1=C(N)N(c2sc3c(c2C#N)C2CCN3CC2)C2=C(C(=O)CCC2)[C@H]1c1ccc2c(c1)OCO2. The molecular weight excluding hydrogens is 474 g/mol. The molecule has 6 aliphatic rings. The van der Waals surface area contributed by atoms with Crippen LogP contribution in [0.5, 0.6) is 11.5 Å². The Bertz CT molecular complexity index is 1480. The number of nitrogens with two attached hydrogens (primary N) is 1. The smallest absolute Gasteiger partial charge is 0.231 e. The number of Topliss-reactive ketones (excluding diaryl/α,β-unsaturated/α-hetero) is 1. The lowest BCUT2D eigenvalue weighted by Crippen LogP contribution is -2.38. The highest BCUT2D eigenvalue weighted by Crippen LogP contribution is 2.56. The molecule has 0 spiro atoms. The van der Waals surface area contributed by atoms with Crippen molar-refractivity contribution in [3.05, 3.63) is 57.6 Å². The molecule has 0 unspecified atom stereocenters. The van der Waals surface area contributed by atoms with Crippen molar-refractivity contribution < 1.29 is 14.3 Å². The van der Waals surface area contributed by atoms with Crippen LogP contribution < -0.4 is 25.0 Å². The molecule has 1 aromatic heterocycles. The molecule has 2 bridgehead atoms. The zero-order valence-electron chi connectivity index (χ0n) is 19.5. The number of nitrogens with zero attached hydrogens (tertiary/aromatic N) is 4. The minimum atomic E-state index is -0.580. The zero-order valence-corrected chi connectivity index (χ0v) is 20.4. The summed E-state index contributed by atoms with van der Waals surface area (Å²) in [6, 6.07) is 10.3. The van der Waals surface area contributed by atoms with E-state index < -0.39 is 5.92 Å². The van der Waals surface area contributed by atoms with Crippen LogP contribution in [0.15, 0.2) is 40.9 Å². The Morgan fingerprint density at radius 3 is 2.64 bits per heavy atom. The predicted molar refractivity (Wildman–Crippen MR) is 134 cm³/mol. The van der Waals surface area contributed by atoms with Crippen molar-refractivity contribution in [2.45, 2.75) is 43.9 Å². The highest BCUT2D eigenvalue weighted by molar-refractivity contribution is 7.20. The molecule has 8 nitrogen and oxygen atoms in total. The molecular formula is C27H23N5O3S. The number of ether oxygens (including phenoxy) is 2. The van der Waals surface area contributed by atoms with Gasteiger partial charge in [-0.2, -0.15) is 10.5 Å². The summed E-state index contributed by atoms with van der Waals surface area (Å²) in [5, 5.41) is 22.5. The molecule has 9 heteroatoms. The number of hydrogen-bond acceptors (Lipinski definition) is 9. The summed E-state index contributed by atoms with van der Waals surface area (Å²) in [6.07, 6.45) is 3.88. The van der Waals surface area contributed by atoms with Gasteiger partial charge in [-0.05, 0) is 49.3 Å². The van der Waals surface area contributed by atoms with Crippen molar-refractivity contribution in [2.24, 2.45) is 5.73 Å². The number of fused-ring (bicyclic) bond motifs is 3. The molecule has 6 heterocycles. The Kier molecular flexibility index (Phi) is 4.61. The number of rotatable bonds is 2. The third-order valence-electron chi connectivity index (χ3n) is 8.06. The number of anilines is 2. The van der Waals surface area contributed by atoms with Crippen LogP contribution in [-0.4, -0.2) is 25.7 Å². The standard InChI is InChI=1S/C27H23N5O3S/c28-11-16-22(15-4-5-20-21(10-15)35-13-34-20)24-18(2-1-3-19(24)33)32(25(16)30)26-17(12-29)23-14-6-8-31(9-7-14)27(23)36-26/h4-5,10,14,22H,1-3,6-9,13,30H2/t22-/m0/s1. The molecule has 2 N–H and O–H groups in total. The van der Waals surface area contributed by atoms with E-state index in [0.717, 1.165) is 52.8 Å². The minimum absolute atomic E-state index is 0.0211. The van der Waals surface area contributed by atoms with Gasteiger partial charge in [0.25, 0.3) is 0 Å². The third-order valence-corrected chi connectivity index (χ3v) is 9.31. The second-order valence-electron chi connectivity index (χ2n) is 9.80. The van der Waals surface area contributed by atoms with E-state index in [1.807, 2.05) is 23.1 Å². The topological polar surface area (TPSA) is 116 Å². The molecule has 0 amide bonds. The fourth-order valence-corrected chi connectivity index (χ4v) is 7.85. The normalized spacial score (nSPS) is 22.5. The van der Waals surface area contributed by atoms with E-state index in [1.54, 1.807) is 11.3 Å². The summed E-state index contributed by atoms with van der Waals surface area (Å²) in [6.45, 7) is 2.14. The maximum atomic E-state index is 13.5. The highest BCUT2D eigenvalue weighted by Gasteiger charge is 2.44. The molecule has 36 heavy (non-hydrogen) atoms. The zero-order chi connectivity index (χ0) is 24.6. The van der Waals surface area contributed by atoms with Crippen LogP contribution in [0.3, 0.4) is 0 Å². The first-order valence-electron chi connectivity index (χ1n) is 12.3. The Hall–Kier alpha value is -3.95. The number of carbonyl (C=O) groups is 1. The van der Waals surface area contributed by atoms with Gasteiger partial charge in [-0.1, -0.05) is 17.4 Å². The second-order valence-corrected chi connectivity index (χ2v) is 10.8. The van der Waals surface area contributed by atoms with Crippen molar-refractivity contribution in [3.63, 3.8) is 0 Å². The average molecular weight is 498 g/mol. The molecule has 1 fully saturated rings. The molecule has 1 aliphatic carbocycles. The first-order valence-corrected chi connectivity index (χ1v) is 13.1. The van der Waals surface area contributed by atoms with E-state index in [4.69, 9.17) is 15.2 Å². The van der Waals surface area contributed by atoms with E-state index in [9.17, 15) is 15.3 Å². The van der Waals surface area contributed by atoms with Gasteiger partial charge in [-0.15, -0.1) is 0 Å². The van der Waals surface area contributed by atoms with Crippen molar-refractivity contribution >= 4 is 27.1 Å². The molecule has 1 aromatic carbocycles. The van der Waals surface area contributed by atoms with Gasteiger partial charge in [-0.3, -0.25) is 9.69 Å². The minimum Gasteiger partial charge on any atom is -0.454 e. The Morgan fingerprint density at radius 1 is 1.06 bits per heavy atom. The number of piperidine rings is 1. The van der Waals surface area contributed by atoms with E-state index >= 15 is 0 Å². The third kappa shape index (κ3) is 2.81. The van der Waals surface area contributed by atoms with Crippen molar-refractivity contribution in [2.75, 3.05) is 29.7 Å². The van der Waals surface area contributed by atoms with Crippen molar-refractivity contribution in [3.8, 4) is 23.6 Å². The number of allylic oxidation sites excluding steroid dienone is 3. The van der Waals surface area contributed by atoms with Gasteiger partial charge >= 0.3 is 0 Å². The molecule has 2 aromatic rings. The molecule has 0 radical (unpaired) electrons. The highest BCUT2D eigenvalue weighted by atomic mass is 32.1. The second kappa shape index (κ2) is 7.78. The number of hydrogen-bond donors (Lipinski definition) is 1. The monoisotopic (exact) mass is 497 g/mol. The Labute approximate surface area is 212 Å². The summed E-state index contributed by atoms with van der Waals surface area (Å²) in [4.78, 5) is 17.7. The lowest BCUT2D eigenvalue weighted by molar-refractivity contribution is -0.116. The van der Waals surface area contributed by atoms with Crippen LogP contribution in [-0.2, 0) is 4.79 Å². The number of carbonyl (C=O) groups excluding carboxylic acids is 1. The summed E-state index contributed by atoms with van der Waals surface area (Å²) < 4.78 is 11.0. The van der Waals surface area contributed by atoms with Gasteiger partial charge in [0.2, 0.25) is 6.79 Å². The summed E-state index contributed by atoms with van der Waals surface area (Å²) >= 11 is 1.57. The van der Waals surface area contributed by atoms with Crippen molar-refractivity contribution in [1.29, 1.82) is 10.5 Å². The van der Waals surface area contributed by atoms with Crippen LogP contribution in [0, 0.1) is 22.7 Å². The van der Waals surface area contributed by atoms with Gasteiger partial charge in [0.1, 0.15) is 16.9 Å². The van der Waals surface area contributed by atoms with Gasteiger partial charge < -0.3 is 20.1 Å². The quantitative estimate of drug-likeness (QED) is 0.651. The van der Waals surface area contributed by atoms with Gasteiger partial charge in [-0.25, -0.2) is 0 Å². The van der Waals surface area contributed by atoms with Crippen LogP contribution in [0.2, 0.25) is 0 Å². The van der Waals surface area contributed by atoms with E-state index in [0.29, 0.717) is 59.2 Å². The molecule has 1 atom stereocenters. The molecule has 1 saturated heterocycles. The summed E-state index contributed by atoms with van der Waals surface area (Å²) in [5.41, 5.74) is 11.0. The largest absolute Gasteiger partial charge is 0.454 e. The maximum Gasteiger partial charge on any atom is 0.231 e. The fraction of sp³-hybridized carbons (Fsp3) is 0.370. The number of benzene rings is 1. The Balaban J connectivity index is 1.45. The van der Waals surface area contributed by atoms with Crippen LogP contribution in [0.4, 0.5) is 10.0 Å². The van der Waals surface area contributed by atoms with E-state index in [1.165, 1.54) is 0 Å².